The molecular formula is C33H53ClN2O6. The van der Waals surface area contributed by atoms with Crippen LogP contribution in [-0.4, -0.2) is 73.7 Å². The van der Waals surface area contributed by atoms with Gasteiger partial charge in [0.1, 0.15) is 12.7 Å². The molecule has 42 heavy (non-hydrogen) atoms. The number of piperidine rings is 1. The Morgan fingerprint density at radius 1 is 0.976 bits per heavy atom. The maximum absolute atomic E-state index is 13.1. The predicted molar refractivity (Wildman–Crippen MR) is 166 cm³/mol. The highest BCUT2D eigenvalue weighted by molar-refractivity contribution is 6.30. The van der Waals surface area contributed by atoms with Crippen molar-refractivity contribution in [1.29, 1.82) is 0 Å². The number of halogens is 1. The monoisotopic (exact) mass is 608 g/mol. The summed E-state index contributed by atoms with van der Waals surface area (Å²) in [5.74, 6) is -2.01. The van der Waals surface area contributed by atoms with Gasteiger partial charge in [-0.1, -0.05) is 69.9 Å². The molecule has 0 saturated carbocycles. The molecular weight excluding hydrogens is 556 g/mol. The van der Waals surface area contributed by atoms with Crippen molar-refractivity contribution >= 4 is 23.4 Å². The van der Waals surface area contributed by atoms with E-state index in [0.717, 1.165) is 45.3 Å². The summed E-state index contributed by atoms with van der Waals surface area (Å²) in [5, 5.41) is 3.41. The smallest absolute Gasteiger partial charge is 0.412 e. The molecule has 3 heterocycles. The number of anilines is 1. The SMILES string of the molecule is CCCCCCCCCCOC[C@@]12O[C@@H](CCCN3CCCCC3)[C@@H](OC(=O)Nc3ccc(Cl)cc3)[C@@H]1OC(C)(C)O2. The fourth-order valence-corrected chi connectivity index (χ4v) is 6.51. The lowest BCUT2D eigenvalue weighted by atomic mass is 10.0. The number of carbonyl (C=O) groups excluding carboxylic acids is 1. The number of nitrogens with zero attached hydrogens (tertiary/aromatic N) is 1. The largest absolute Gasteiger partial charge is 0.440 e. The van der Waals surface area contributed by atoms with Crippen molar-refractivity contribution in [2.75, 3.05) is 38.2 Å². The molecule has 0 aliphatic carbocycles. The van der Waals surface area contributed by atoms with Crippen LogP contribution < -0.4 is 5.32 Å². The fourth-order valence-electron chi connectivity index (χ4n) is 6.38. The van der Waals surface area contributed by atoms with Crippen LogP contribution in [0.15, 0.2) is 24.3 Å². The Morgan fingerprint density at radius 2 is 1.67 bits per heavy atom. The fraction of sp³-hybridized carbons (Fsp3) is 0.788. The first kappa shape index (κ1) is 33.5. The topological polar surface area (TPSA) is 78.5 Å². The second-order valence-corrected chi connectivity index (χ2v) is 13.0. The lowest BCUT2D eigenvalue weighted by Gasteiger charge is -2.29. The zero-order valence-electron chi connectivity index (χ0n) is 26.0. The van der Waals surface area contributed by atoms with Gasteiger partial charge in [-0.15, -0.1) is 0 Å². The Balaban J connectivity index is 1.35. The van der Waals surface area contributed by atoms with Gasteiger partial charge in [0, 0.05) is 17.3 Å². The normalized spacial score (nSPS) is 27.2. The minimum atomic E-state index is -1.12. The van der Waals surface area contributed by atoms with Crippen molar-refractivity contribution in [3.05, 3.63) is 29.3 Å². The molecule has 3 saturated heterocycles. The van der Waals surface area contributed by atoms with Gasteiger partial charge in [-0.25, -0.2) is 4.79 Å². The van der Waals surface area contributed by atoms with E-state index in [1.165, 1.54) is 57.8 Å². The van der Waals surface area contributed by atoms with Gasteiger partial charge in [0.2, 0.25) is 5.79 Å². The quantitative estimate of drug-likeness (QED) is 0.180. The standard InChI is InChI=1S/C33H53ClN2O6/c1-4-5-6-7-8-9-10-14-24-38-25-33-30(41-32(2,3)42-33)29(39-31(37)35-27-19-17-26(34)18-20-27)28(40-33)16-15-23-36-21-12-11-13-22-36/h17-20,28-30H,4-16,21-25H2,1-3H3,(H,35,37)/t28-,29+,30-,33-/m0/s1. The van der Waals surface area contributed by atoms with E-state index < -0.39 is 29.9 Å². The number of ether oxygens (including phenoxy) is 5. The summed E-state index contributed by atoms with van der Waals surface area (Å²) in [7, 11) is 0. The highest BCUT2D eigenvalue weighted by atomic mass is 35.5. The second kappa shape index (κ2) is 16.6. The van der Waals surface area contributed by atoms with Gasteiger partial charge in [-0.2, -0.15) is 0 Å². The molecule has 0 unspecified atom stereocenters. The molecule has 1 aromatic rings. The third-order valence-electron chi connectivity index (χ3n) is 8.47. The second-order valence-electron chi connectivity index (χ2n) is 12.6. The van der Waals surface area contributed by atoms with Crippen LogP contribution >= 0.6 is 11.6 Å². The van der Waals surface area contributed by atoms with E-state index in [4.69, 9.17) is 35.3 Å². The van der Waals surface area contributed by atoms with Crippen molar-refractivity contribution in [2.24, 2.45) is 0 Å². The van der Waals surface area contributed by atoms with Crippen LogP contribution in [0.3, 0.4) is 0 Å². The van der Waals surface area contributed by atoms with E-state index in [0.29, 0.717) is 17.3 Å². The molecule has 4 rings (SSSR count). The summed E-state index contributed by atoms with van der Waals surface area (Å²) < 4.78 is 31.6. The van der Waals surface area contributed by atoms with Gasteiger partial charge >= 0.3 is 6.09 Å². The Hall–Kier alpha value is -1.42. The molecule has 9 heteroatoms. The minimum absolute atomic E-state index is 0.235. The molecule has 3 aliphatic heterocycles. The first-order chi connectivity index (χ1) is 20.3. The number of nitrogens with one attached hydrogen (secondary N) is 1. The molecule has 1 aromatic carbocycles. The number of hydrogen-bond donors (Lipinski definition) is 1. The van der Waals surface area contributed by atoms with Gasteiger partial charge in [-0.3, -0.25) is 5.32 Å². The van der Waals surface area contributed by atoms with Gasteiger partial charge in [0.05, 0.1) is 0 Å². The van der Waals surface area contributed by atoms with Gasteiger partial charge < -0.3 is 28.6 Å². The summed E-state index contributed by atoms with van der Waals surface area (Å²) in [4.78, 5) is 15.6. The van der Waals surface area contributed by atoms with Gasteiger partial charge in [-0.05, 0) is 89.9 Å². The summed E-state index contributed by atoms with van der Waals surface area (Å²) in [6.45, 7) is 10.2. The Kier molecular flexibility index (Phi) is 13.2. The zero-order chi connectivity index (χ0) is 29.8. The van der Waals surface area contributed by atoms with Crippen molar-refractivity contribution in [3.8, 4) is 0 Å². The molecule has 1 N–H and O–H groups in total. The van der Waals surface area contributed by atoms with Gasteiger partial charge in [0.15, 0.2) is 18.0 Å². The first-order valence-corrected chi connectivity index (χ1v) is 16.8. The number of carbonyl (C=O) groups is 1. The van der Waals surface area contributed by atoms with Crippen LogP contribution in [0.2, 0.25) is 5.02 Å². The van der Waals surface area contributed by atoms with Crippen molar-refractivity contribution < 1.29 is 28.5 Å². The van der Waals surface area contributed by atoms with Crippen LogP contribution in [0.4, 0.5) is 10.5 Å². The molecule has 8 nitrogen and oxygen atoms in total. The Morgan fingerprint density at radius 3 is 2.38 bits per heavy atom. The Bertz CT molecular complexity index is 941. The maximum Gasteiger partial charge on any atom is 0.412 e. The van der Waals surface area contributed by atoms with E-state index in [-0.39, 0.29) is 12.7 Å². The summed E-state index contributed by atoms with van der Waals surface area (Å²) in [5.41, 5.74) is 0.605. The Labute approximate surface area is 258 Å². The first-order valence-electron chi connectivity index (χ1n) is 16.4. The van der Waals surface area contributed by atoms with E-state index in [9.17, 15) is 4.79 Å². The number of rotatable bonds is 17. The number of likely N-dealkylation sites (tertiary alicyclic amines) is 1. The summed E-state index contributed by atoms with van der Waals surface area (Å²) >= 11 is 6.01. The summed E-state index contributed by atoms with van der Waals surface area (Å²) in [6.07, 6.45) is 13.3. The van der Waals surface area contributed by atoms with E-state index >= 15 is 0 Å². The summed E-state index contributed by atoms with van der Waals surface area (Å²) in [6, 6.07) is 6.94. The lowest BCUT2D eigenvalue weighted by molar-refractivity contribution is -0.278. The third-order valence-corrected chi connectivity index (χ3v) is 8.72. The van der Waals surface area contributed by atoms with Gasteiger partial charge in [0.25, 0.3) is 0 Å². The molecule has 238 valence electrons. The maximum atomic E-state index is 13.1. The molecule has 3 aliphatic rings. The zero-order valence-corrected chi connectivity index (χ0v) is 26.8. The van der Waals surface area contributed by atoms with Crippen LogP contribution in [-0.2, 0) is 23.7 Å². The molecule has 1 amide bonds. The van der Waals surface area contributed by atoms with Crippen LogP contribution in [0.5, 0.6) is 0 Å². The highest BCUT2D eigenvalue weighted by Gasteiger charge is 2.66. The lowest BCUT2D eigenvalue weighted by Crippen LogP contribution is -2.46. The number of amides is 1. The van der Waals surface area contributed by atoms with E-state index in [2.05, 4.69) is 17.1 Å². The van der Waals surface area contributed by atoms with Crippen LogP contribution in [0.1, 0.15) is 104 Å². The highest BCUT2D eigenvalue weighted by Crippen LogP contribution is 2.47. The van der Waals surface area contributed by atoms with E-state index in [1.807, 2.05) is 13.8 Å². The average molecular weight is 609 g/mol. The van der Waals surface area contributed by atoms with E-state index in [1.54, 1.807) is 24.3 Å². The van der Waals surface area contributed by atoms with Crippen LogP contribution in [0.25, 0.3) is 0 Å². The number of unbranched alkanes of at least 4 members (excludes halogenated alkanes) is 7. The van der Waals surface area contributed by atoms with Crippen molar-refractivity contribution in [1.82, 2.24) is 4.90 Å². The molecule has 0 bridgehead atoms. The molecule has 0 aromatic heterocycles. The number of hydrogen-bond acceptors (Lipinski definition) is 7. The number of benzene rings is 1. The molecule has 0 radical (unpaired) electrons. The molecule has 3 fully saturated rings. The van der Waals surface area contributed by atoms with Crippen LogP contribution in [0, 0.1) is 0 Å². The molecule has 4 atom stereocenters. The van der Waals surface area contributed by atoms with Crippen molar-refractivity contribution in [2.45, 2.75) is 134 Å². The predicted octanol–water partition coefficient (Wildman–Crippen LogP) is 7.93. The molecule has 0 spiro atoms. The third kappa shape index (κ3) is 10.1. The van der Waals surface area contributed by atoms with Crippen molar-refractivity contribution in [3.63, 3.8) is 0 Å². The minimum Gasteiger partial charge on any atom is -0.440 e. The number of fused-ring (bicyclic) bond motifs is 1. The average Bonchev–Trinajstić information content (AvgIpc) is 3.38.